The molecule has 0 aromatic heterocycles. The maximum atomic E-state index is 13.2. The Morgan fingerprint density at radius 1 is 0.568 bits per heavy atom. The molecule has 0 aliphatic carbocycles. The van der Waals surface area contributed by atoms with Gasteiger partial charge in [0.25, 0.3) is 0 Å². The first-order valence-electron chi connectivity index (χ1n) is 14.4. The molecule has 3 aromatic rings. The fourth-order valence-corrected chi connectivity index (χ4v) is 8.63. The molecule has 0 radical (unpaired) electrons. The quantitative estimate of drug-likeness (QED) is 0.103. The van der Waals surface area contributed by atoms with Gasteiger partial charge in [-0.2, -0.15) is 0 Å². The van der Waals surface area contributed by atoms with E-state index in [-0.39, 0.29) is 5.97 Å². The van der Waals surface area contributed by atoms with Crippen LogP contribution in [0, 0.1) is 0 Å². The van der Waals surface area contributed by atoms with Crippen molar-refractivity contribution in [1.29, 1.82) is 0 Å². The van der Waals surface area contributed by atoms with Crippen molar-refractivity contribution in [2.45, 2.75) is 84.0 Å². The van der Waals surface area contributed by atoms with Gasteiger partial charge in [0, 0.05) is 5.80 Å². The van der Waals surface area contributed by atoms with E-state index in [2.05, 4.69) is 79.7 Å². The predicted octanol–water partition coefficient (Wildman–Crippen LogP) is 8.03. The number of benzene rings is 3. The first kappa shape index (κ1) is 29.0. The molecular weight excluding hydrogens is 471 g/mol. The maximum Gasteiger partial charge on any atom is 0.331 e. The Morgan fingerprint density at radius 2 is 0.919 bits per heavy atom. The lowest BCUT2D eigenvalue weighted by Gasteiger charge is -2.28. The highest BCUT2D eigenvalue weighted by molar-refractivity contribution is 7.95. The first-order valence-corrected chi connectivity index (χ1v) is 16.2. The second-order valence-electron chi connectivity index (χ2n) is 9.92. The van der Waals surface area contributed by atoms with Gasteiger partial charge in [0.2, 0.25) is 0 Å². The highest BCUT2D eigenvalue weighted by Gasteiger charge is 2.26. The van der Waals surface area contributed by atoms with Crippen LogP contribution in [-0.2, 0) is 9.53 Å². The first-order chi connectivity index (χ1) is 18.3. The molecule has 37 heavy (non-hydrogen) atoms. The number of hydrogen-bond donors (Lipinski definition) is 0. The molecule has 0 spiro atoms. The minimum absolute atomic E-state index is 0.215. The van der Waals surface area contributed by atoms with Crippen LogP contribution in [0.25, 0.3) is 0 Å². The van der Waals surface area contributed by atoms with Crippen LogP contribution in [0.4, 0.5) is 0 Å². The molecule has 0 bridgehead atoms. The normalized spacial score (nSPS) is 11.3. The molecule has 0 saturated carbocycles. The van der Waals surface area contributed by atoms with Gasteiger partial charge in [-0.1, -0.05) is 169 Å². The van der Waals surface area contributed by atoms with Crippen LogP contribution >= 0.6 is 6.89 Å². The minimum atomic E-state index is -2.30. The van der Waals surface area contributed by atoms with E-state index in [9.17, 15) is 4.79 Å². The summed E-state index contributed by atoms with van der Waals surface area (Å²) in [5.41, 5.74) is 0. The van der Waals surface area contributed by atoms with E-state index in [0.29, 0.717) is 6.61 Å². The van der Waals surface area contributed by atoms with Crippen molar-refractivity contribution in [2.75, 3.05) is 6.61 Å². The molecule has 3 heteroatoms. The molecular formula is C34H45O2P. The van der Waals surface area contributed by atoms with Crippen LogP contribution in [0.5, 0.6) is 0 Å². The number of carbonyl (C=O) groups excluding carboxylic acids is 1. The average molecular weight is 517 g/mol. The molecule has 198 valence electrons. The molecule has 0 N–H and O–H groups in total. The molecule has 2 nitrogen and oxygen atoms in total. The largest absolute Gasteiger partial charge is 0.462 e. The molecule has 0 unspecified atom stereocenters. The van der Waals surface area contributed by atoms with Crippen LogP contribution < -0.4 is 15.9 Å². The molecule has 0 heterocycles. The summed E-state index contributed by atoms with van der Waals surface area (Å²) in [4.78, 5) is 13.2. The third-order valence-electron chi connectivity index (χ3n) is 7.03. The van der Waals surface area contributed by atoms with Crippen LogP contribution in [0.1, 0.15) is 84.0 Å². The Hall–Kier alpha value is -2.57. The monoisotopic (exact) mass is 516 g/mol. The summed E-state index contributed by atoms with van der Waals surface area (Å²) in [5, 5.41) is 3.49. The van der Waals surface area contributed by atoms with E-state index < -0.39 is 6.89 Å². The summed E-state index contributed by atoms with van der Waals surface area (Å²) in [7, 11) is 0. The van der Waals surface area contributed by atoms with Crippen LogP contribution in [0.15, 0.2) is 91.0 Å². The molecule has 0 atom stereocenters. The zero-order valence-corrected chi connectivity index (χ0v) is 23.6. The van der Waals surface area contributed by atoms with Crippen LogP contribution in [-0.4, -0.2) is 18.4 Å². The Labute approximate surface area is 225 Å². The Bertz CT molecular complexity index is 957. The van der Waals surface area contributed by atoms with Crippen molar-refractivity contribution in [1.82, 2.24) is 0 Å². The predicted molar refractivity (Wildman–Crippen MR) is 163 cm³/mol. The molecule has 0 fully saturated rings. The highest BCUT2D eigenvalue weighted by Crippen LogP contribution is 2.43. The van der Waals surface area contributed by atoms with Gasteiger partial charge >= 0.3 is 5.97 Å². The second-order valence-corrected chi connectivity index (χ2v) is 13.2. The lowest BCUT2D eigenvalue weighted by molar-refractivity contribution is -0.134. The lowest BCUT2D eigenvalue weighted by Crippen LogP contribution is -2.29. The van der Waals surface area contributed by atoms with Gasteiger partial charge in [-0.05, 0) is 29.2 Å². The smallest absolute Gasteiger partial charge is 0.331 e. The molecule has 3 rings (SSSR count). The van der Waals surface area contributed by atoms with E-state index in [1.54, 1.807) is 0 Å². The standard InChI is InChI=1S/C34H45O2P/c1-2-3-4-5-6-7-8-9-10-11-12-22-29-36-34(35)30-37(31-23-16-13-17-24-31,32-25-18-14-19-26-32)33-27-20-15-21-28-33/h13-21,23-28,30H,2-12,22,29H2,1H3. The molecule has 0 amide bonds. The van der Waals surface area contributed by atoms with E-state index in [1.165, 1.54) is 64.2 Å². The summed E-state index contributed by atoms with van der Waals surface area (Å²) in [5.74, 6) is 1.67. The zero-order chi connectivity index (χ0) is 26.0. The summed E-state index contributed by atoms with van der Waals surface area (Å²) < 4.78 is 5.79. The summed E-state index contributed by atoms with van der Waals surface area (Å²) in [6, 6.07) is 31.3. The van der Waals surface area contributed by atoms with Crippen molar-refractivity contribution in [3.8, 4) is 0 Å². The fourth-order valence-electron chi connectivity index (χ4n) is 4.97. The highest BCUT2D eigenvalue weighted by atomic mass is 31.2. The number of rotatable bonds is 17. The number of hydrogen-bond acceptors (Lipinski definition) is 2. The van der Waals surface area contributed by atoms with Crippen LogP contribution in [0.3, 0.4) is 0 Å². The summed E-state index contributed by atoms with van der Waals surface area (Å²) in [6.07, 6.45) is 15.6. The topological polar surface area (TPSA) is 26.3 Å². The third kappa shape index (κ3) is 9.35. The average Bonchev–Trinajstić information content (AvgIpc) is 2.95. The number of carbonyl (C=O) groups is 1. The van der Waals surface area contributed by atoms with E-state index in [4.69, 9.17) is 4.74 Å². The van der Waals surface area contributed by atoms with Gasteiger partial charge < -0.3 is 4.74 Å². The van der Waals surface area contributed by atoms with E-state index >= 15 is 0 Å². The fraction of sp³-hybridized carbons (Fsp3) is 0.412. The molecule has 0 aliphatic rings. The number of ether oxygens (including phenoxy) is 1. The lowest BCUT2D eigenvalue weighted by atomic mass is 10.1. The Kier molecular flexibility index (Phi) is 13.3. The zero-order valence-electron chi connectivity index (χ0n) is 22.7. The van der Waals surface area contributed by atoms with Crippen molar-refractivity contribution in [2.24, 2.45) is 0 Å². The Morgan fingerprint density at radius 3 is 1.30 bits per heavy atom. The third-order valence-corrected chi connectivity index (χ3v) is 11.0. The van der Waals surface area contributed by atoms with Crippen molar-refractivity contribution in [3.63, 3.8) is 0 Å². The van der Waals surface area contributed by atoms with Crippen molar-refractivity contribution in [3.05, 3.63) is 91.0 Å². The summed E-state index contributed by atoms with van der Waals surface area (Å²) >= 11 is 0. The van der Waals surface area contributed by atoms with E-state index in [1.807, 2.05) is 24.0 Å². The number of unbranched alkanes of at least 4 members (excludes halogenated alkanes) is 11. The Balaban J connectivity index is 1.57. The van der Waals surface area contributed by atoms with Gasteiger partial charge in [0.05, 0.1) is 6.61 Å². The minimum Gasteiger partial charge on any atom is -0.462 e. The van der Waals surface area contributed by atoms with Gasteiger partial charge in [0.1, 0.15) is 0 Å². The molecule has 0 aliphatic heterocycles. The van der Waals surface area contributed by atoms with Gasteiger partial charge in [-0.25, -0.2) is 4.79 Å². The van der Waals surface area contributed by atoms with Crippen molar-refractivity contribution >= 4 is 34.6 Å². The van der Waals surface area contributed by atoms with Crippen LogP contribution in [0.2, 0.25) is 0 Å². The molecule has 0 saturated heterocycles. The SMILES string of the molecule is CCCCCCCCCCCCCCOC(=O)C=P(c1ccccc1)(c1ccccc1)c1ccccc1. The van der Waals surface area contributed by atoms with E-state index in [0.717, 1.165) is 28.8 Å². The molecule has 3 aromatic carbocycles. The van der Waals surface area contributed by atoms with Gasteiger partial charge in [0.15, 0.2) is 0 Å². The van der Waals surface area contributed by atoms with Crippen molar-refractivity contribution < 1.29 is 9.53 Å². The van der Waals surface area contributed by atoms with Gasteiger partial charge in [-0.3, -0.25) is 0 Å². The van der Waals surface area contributed by atoms with Gasteiger partial charge in [-0.15, -0.1) is 0 Å². The maximum absolute atomic E-state index is 13.2. The second kappa shape index (κ2) is 17.0. The number of esters is 1. The summed E-state index contributed by atoms with van der Waals surface area (Å²) in [6.45, 7) is 0.468.